The van der Waals surface area contributed by atoms with Gasteiger partial charge in [-0.3, -0.25) is 0 Å². The normalized spacial score (nSPS) is 11.3. The molecular weight excluding hydrogens is 290 g/mol. The van der Waals surface area contributed by atoms with Crippen molar-refractivity contribution in [2.45, 2.75) is 19.4 Å². The van der Waals surface area contributed by atoms with Crippen molar-refractivity contribution in [1.82, 2.24) is 5.32 Å². The molecule has 2 aromatic carbocycles. The first-order valence-electron chi connectivity index (χ1n) is 7.38. The standard InChI is InChI=1S/C18H19N3O2/c1-13-7-8-14(12-19)11-17(13)21-18(23)20-16(9-10-22)15-5-3-2-4-6-15/h2-8,11,16,22H,9-10H2,1H3,(H2,20,21,23)/t16-/m1/s1. The summed E-state index contributed by atoms with van der Waals surface area (Å²) in [5, 5.41) is 23.8. The Hall–Kier alpha value is -2.84. The van der Waals surface area contributed by atoms with Crippen LogP contribution in [0.2, 0.25) is 0 Å². The van der Waals surface area contributed by atoms with Gasteiger partial charge < -0.3 is 15.7 Å². The number of urea groups is 1. The van der Waals surface area contributed by atoms with Gasteiger partial charge in [0.05, 0.1) is 17.7 Å². The van der Waals surface area contributed by atoms with Crippen LogP contribution in [0.15, 0.2) is 48.5 Å². The fraction of sp³-hybridized carbons (Fsp3) is 0.222. The van der Waals surface area contributed by atoms with Gasteiger partial charge in [0.2, 0.25) is 0 Å². The number of hydrogen-bond donors (Lipinski definition) is 3. The van der Waals surface area contributed by atoms with Crippen LogP contribution in [0.3, 0.4) is 0 Å². The highest BCUT2D eigenvalue weighted by Crippen LogP contribution is 2.19. The van der Waals surface area contributed by atoms with E-state index >= 15 is 0 Å². The molecule has 0 radical (unpaired) electrons. The molecule has 5 nitrogen and oxygen atoms in total. The number of hydrogen-bond acceptors (Lipinski definition) is 3. The third-order valence-electron chi connectivity index (χ3n) is 3.54. The molecule has 3 N–H and O–H groups in total. The zero-order valence-corrected chi connectivity index (χ0v) is 12.9. The van der Waals surface area contributed by atoms with E-state index in [1.807, 2.05) is 43.3 Å². The molecule has 5 heteroatoms. The molecular formula is C18H19N3O2. The number of benzene rings is 2. The van der Waals surface area contributed by atoms with E-state index in [-0.39, 0.29) is 18.7 Å². The summed E-state index contributed by atoms with van der Waals surface area (Å²) >= 11 is 0. The first-order valence-corrected chi connectivity index (χ1v) is 7.38. The second-order valence-electron chi connectivity index (χ2n) is 5.22. The minimum atomic E-state index is -0.370. The summed E-state index contributed by atoms with van der Waals surface area (Å²) in [5.74, 6) is 0. The summed E-state index contributed by atoms with van der Waals surface area (Å²) in [4.78, 5) is 12.2. The molecule has 0 fully saturated rings. The van der Waals surface area contributed by atoms with E-state index in [1.54, 1.807) is 18.2 Å². The second-order valence-corrected chi connectivity index (χ2v) is 5.22. The number of aliphatic hydroxyl groups is 1. The van der Waals surface area contributed by atoms with E-state index < -0.39 is 0 Å². The van der Waals surface area contributed by atoms with Gasteiger partial charge in [0.15, 0.2) is 0 Å². The molecule has 0 aliphatic carbocycles. The van der Waals surface area contributed by atoms with Gasteiger partial charge in [-0.25, -0.2) is 4.79 Å². The maximum absolute atomic E-state index is 12.2. The van der Waals surface area contributed by atoms with Gasteiger partial charge in [-0.2, -0.15) is 5.26 Å². The second kappa shape index (κ2) is 7.97. The van der Waals surface area contributed by atoms with Crippen LogP contribution in [-0.4, -0.2) is 17.7 Å². The maximum atomic E-state index is 12.2. The van der Waals surface area contributed by atoms with E-state index in [1.165, 1.54) is 0 Å². The largest absolute Gasteiger partial charge is 0.396 e. The number of amides is 2. The quantitative estimate of drug-likeness (QED) is 0.793. The third kappa shape index (κ3) is 4.56. The fourth-order valence-corrected chi connectivity index (χ4v) is 2.28. The van der Waals surface area contributed by atoms with Gasteiger partial charge in [-0.15, -0.1) is 0 Å². The van der Waals surface area contributed by atoms with Crippen molar-refractivity contribution in [2.75, 3.05) is 11.9 Å². The average molecular weight is 309 g/mol. The first-order chi connectivity index (χ1) is 11.1. The van der Waals surface area contributed by atoms with Crippen LogP contribution in [-0.2, 0) is 0 Å². The summed E-state index contributed by atoms with van der Waals surface area (Å²) in [6.07, 6.45) is 0.425. The smallest absolute Gasteiger partial charge is 0.319 e. The lowest BCUT2D eigenvalue weighted by Crippen LogP contribution is -2.33. The molecule has 1 atom stereocenters. The monoisotopic (exact) mass is 309 g/mol. The van der Waals surface area contributed by atoms with E-state index in [0.717, 1.165) is 11.1 Å². The van der Waals surface area contributed by atoms with Crippen molar-refractivity contribution in [3.8, 4) is 6.07 Å². The number of nitrogens with one attached hydrogen (secondary N) is 2. The van der Waals surface area contributed by atoms with E-state index in [4.69, 9.17) is 5.26 Å². The Morgan fingerprint density at radius 1 is 1.26 bits per heavy atom. The molecule has 0 unspecified atom stereocenters. The maximum Gasteiger partial charge on any atom is 0.319 e. The summed E-state index contributed by atoms with van der Waals surface area (Å²) in [5.41, 5.74) is 2.88. The zero-order chi connectivity index (χ0) is 16.7. The molecule has 0 bridgehead atoms. The van der Waals surface area contributed by atoms with E-state index in [0.29, 0.717) is 17.7 Å². The van der Waals surface area contributed by atoms with Gasteiger partial charge in [0, 0.05) is 12.3 Å². The van der Waals surface area contributed by atoms with Crippen LogP contribution < -0.4 is 10.6 Å². The first kappa shape index (κ1) is 16.5. The predicted octanol–water partition coefficient (Wildman–Crippen LogP) is 3.11. The van der Waals surface area contributed by atoms with Crippen molar-refractivity contribution >= 4 is 11.7 Å². The van der Waals surface area contributed by atoms with Crippen LogP contribution in [0.1, 0.15) is 29.2 Å². The molecule has 2 aromatic rings. The Kier molecular flexibility index (Phi) is 5.73. The lowest BCUT2D eigenvalue weighted by molar-refractivity contribution is 0.239. The SMILES string of the molecule is Cc1ccc(C#N)cc1NC(=O)N[C@H](CCO)c1ccccc1. The number of rotatable bonds is 5. The Labute approximate surface area is 135 Å². The molecule has 0 saturated heterocycles. The molecule has 2 amide bonds. The Balaban J connectivity index is 2.09. The molecule has 0 aliphatic heterocycles. The Bertz CT molecular complexity index is 708. The number of nitriles is 1. The highest BCUT2D eigenvalue weighted by Gasteiger charge is 2.14. The van der Waals surface area contributed by atoms with Crippen molar-refractivity contribution in [1.29, 1.82) is 5.26 Å². The minimum Gasteiger partial charge on any atom is -0.396 e. The van der Waals surface area contributed by atoms with Crippen molar-refractivity contribution in [2.24, 2.45) is 0 Å². The van der Waals surface area contributed by atoms with Crippen molar-refractivity contribution in [3.63, 3.8) is 0 Å². The number of aliphatic hydroxyl groups excluding tert-OH is 1. The highest BCUT2D eigenvalue weighted by atomic mass is 16.3. The average Bonchev–Trinajstić information content (AvgIpc) is 2.57. The summed E-state index contributed by atoms with van der Waals surface area (Å²) in [7, 11) is 0. The molecule has 2 rings (SSSR count). The van der Waals surface area contributed by atoms with Gasteiger partial charge in [0.1, 0.15) is 0 Å². The predicted molar refractivity (Wildman–Crippen MR) is 88.9 cm³/mol. The van der Waals surface area contributed by atoms with Gasteiger partial charge in [-0.05, 0) is 36.6 Å². The number of carbonyl (C=O) groups excluding carboxylic acids is 1. The summed E-state index contributed by atoms with van der Waals surface area (Å²) < 4.78 is 0. The van der Waals surface area contributed by atoms with E-state index in [2.05, 4.69) is 10.6 Å². The van der Waals surface area contributed by atoms with E-state index in [9.17, 15) is 9.90 Å². The lowest BCUT2D eigenvalue weighted by atomic mass is 10.0. The van der Waals surface area contributed by atoms with Crippen LogP contribution >= 0.6 is 0 Å². The number of anilines is 1. The molecule has 0 saturated carbocycles. The minimum absolute atomic E-state index is 0.0250. The molecule has 118 valence electrons. The summed E-state index contributed by atoms with van der Waals surface area (Å²) in [6, 6.07) is 16.0. The Morgan fingerprint density at radius 2 is 2.00 bits per heavy atom. The van der Waals surface area contributed by atoms with Gasteiger partial charge in [-0.1, -0.05) is 36.4 Å². The van der Waals surface area contributed by atoms with Crippen LogP contribution in [0.4, 0.5) is 10.5 Å². The van der Waals surface area contributed by atoms with Gasteiger partial charge in [0.25, 0.3) is 0 Å². The van der Waals surface area contributed by atoms with Crippen LogP contribution in [0.5, 0.6) is 0 Å². The third-order valence-corrected chi connectivity index (χ3v) is 3.54. The lowest BCUT2D eigenvalue weighted by Gasteiger charge is -2.19. The Morgan fingerprint density at radius 3 is 2.65 bits per heavy atom. The number of carbonyl (C=O) groups is 1. The number of aryl methyl sites for hydroxylation is 1. The van der Waals surface area contributed by atoms with Crippen molar-refractivity contribution in [3.05, 3.63) is 65.2 Å². The highest BCUT2D eigenvalue weighted by molar-refractivity contribution is 5.90. The fourth-order valence-electron chi connectivity index (χ4n) is 2.28. The topological polar surface area (TPSA) is 85.2 Å². The summed E-state index contributed by atoms with van der Waals surface area (Å²) in [6.45, 7) is 1.84. The molecule has 0 aliphatic rings. The zero-order valence-electron chi connectivity index (χ0n) is 12.9. The molecule has 0 spiro atoms. The van der Waals surface area contributed by atoms with Crippen LogP contribution in [0.25, 0.3) is 0 Å². The molecule has 0 heterocycles. The van der Waals surface area contributed by atoms with Crippen LogP contribution in [0, 0.1) is 18.3 Å². The van der Waals surface area contributed by atoms with Gasteiger partial charge >= 0.3 is 6.03 Å². The molecule has 0 aromatic heterocycles. The number of nitrogens with zero attached hydrogens (tertiary/aromatic N) is 1. The molecule has 23 heavy (non-hydrogen) atoms. The van der Waals surface area contributed by atoms with Crippen molar-refractivity contribution < 1.29 is 9.90 Å².